The van der Waals surface area contributed by atoms with Crippen molar-refractivity contribution < 1.29 is 19.1 Å². The van der Waals surface area contributed by atoms with Crippen molar-refractivity contribution in [3.05, 3.63) is 12.2 Å². The first kappa shape index (κ1) is 28.7. The molecule has 0 heterocycles. The van der Waals surface area contributed by atoms with E-state index in [0.29, 0.717) is 12.8 Å². The maximum Gasteiger partial charge on any atom is 0.306 e. The Morgan fingerprint density at radius 3 is 1.37 bits per heavy atom. The minimum atomic E-state index is -0.0428. The van der Waals surface area contributed by atoms with E-state index < -0.39 is 0 Å². The molecule has 2 atom stereocenters. The summed E-state index contributed by atoms with van der Waals surface area (Å²) < 4.78 is 10.7. The first-order chi connectivity index (χ1) is 14.5. The number of rotatable bonds is 20. The Morgan fingerprint density at radius 2 is 1.00 bits per heavy atom. The second-order valence-electron chi connectivity index (χ2n) is 8.56. The van der Waals surface area contributed by atoms with Gasteiger partial charge >= 0.3 is 11.9 Å². The summed E-state index contributed by atoms with van der Waals surface area (Å²) in [5.41, 5.74) is 0. The number of hydrogen-bond acceptors (Lipinski definition) is 4. The predicted molar refractivity (Wildman–Crippen MR) is 125 cm³/mol. The summed E-state index contributed by atoms with van der Waals surface area (Å²) in [6.45, 7) is 8.16. The molecule has 0 aromatic heterocycles. The quantitative estimate of drug-likeness (QED) is 0.114. The molecule has 4 heteroatoms. The minimum Gasteiger partial charge on any atom is -0.463 e. The number of hydrogen-bond donors (Lipinski definition) is 0. The number of unbranched alkanes of at least 4 members (excludes halogenated alkanes) is 8. The van der Waals surface area contributed by atoms with Crippen molar-refractivity contribution in [2.45, 2.75) is 143 Å². The third-order valence-corrected chi connectivity index (χ3v) is 5.23. The van der Waals surface area contributed by atoms with Gasteiger partial charge in [-0.1, -0.05) is 64.5 Å². The molecule has 30 heavy (non-hydrogen) atoms. The van der Waals surface area contributed by atoms with Crippen LogP contribution in [0, 0.1) is 0 Å². The lowest BCUT2D eigenvalue weighted by molar-refractivity contribution is -0.149. The van der Waals surface area contributed by atoms with Gasteiger partial charge in [-0.05, 0) is 65.2 Å². The molecule has 0 saturated carbocycles. The Labute approximate surface area is 186 Å². The molecule has 0 aliphatic heterocycles. The fraction of sp³-hybridized carbons (Fsp3) is 0.846. The summed E-state index contributed by atoms with van der Waals surface area (Å²) in [5, 5.41) is 0. The molecule has 0 aromatic rings. The molecule has 0 saturated heterocycles. The maximum absolute atomic E-state index is 11.7. The lowest BCUT2D eigenvalue weighted by atomic mass is 10.1. The van der Waals surface area contributed by atoms with Crippen LogP contribution in [0.3, 0.4) is 0 Å². The predicted octanol–water partition coefficient (Wildman–Crippen LogP) is 7.69. The van der Waals surface area contributed by atoms with Gasteiger partial charge in [0.2, 0.25) is 0 Å². The molecule has 0 rings (SSSR count). The summed E-state index contributed by atoms with van der Waals surface area (Å²) in [6, 6.07) is 0. The molecule has 2 unspecified atom stereocenters. The lowest BCUT2D eigenvalue weighted by Crippen LogP contribution is -2.14. The van der Waals surface area contributed by atoms with Crippen molar-refractivity contribution in [2.24, 2.45) is 0 Å². The Morgan fingerprint density at radius 1 is 0.633 bits per heavy atom. The molecular weight excluding hydrogens is 376 g/mol. The van der Waals surface area contributed by atoms with E-state index in [1.807, 2.05) is 13.8 Å². The molecule has 0 bridgehead atoms. The topological polar surface area (TPSA) is 52.6 Å². The van der Waals surface area contributed by atoms with Crippen molar-refractivity contribution in [3.8, 4) is 0 Å². The fourth-order valence-electron chi connectivity index (χ4n) is 3.50. The monoisotopic (exact) mass is 424 g/mol. The molecule has 0 aliphatic rings. The van der Waals surface area contributed by atoms with Gasteiger partial charge < -0.3 is 9.47 Å². The average Bonchev–Trinajstić information content (AvgIpc) is 2.68. The van der Waals surface area contributed by atoms with E-state index in [1.165, 1.54) is 25.7 Å². The highest BCUT2D eigenvalue weighted by Crippen LogP contribution is 2.11. The van der Waals surface area contributed by atoms with Crippen LogP contribution in [0.2, 0.25) is 0 Å². The van der Waals surface area contributed by atoms with Gasteiger partial charge in [-0.25, -0.2) is 0 Å². The molecule has 176 valence electrons. The zero-order valence-corrected chi connectivity index (χ0v) is 20.3. The lowest BCUT2D eigenvalue weighted by Gasteiger charge is -2.11. The van der Waals surface area contributed by atoms with E-state index in [2.05, 4.69) is 26.0 Å². The van der Waals surface area contributed by atoms with Crippen molar-refractivity contribution in [2.75, 3.05) is 0 Å². The van der Waals surface area contributed by atoms with Gasteiger partial charge in [-0.15, -0.1) is 0 Å². The van der Waals surface area contributed by atoms with Crippen LogP contribution in [0.1, 0.15) is 130 Å². The second-order valence-corrected chi connectivity index (χ2v) is 8.56. The van der Waals surface area contributed by atoms with Crippen LogP contribution in [0.4, 0.5) is 0 Å². The molecule has 0 amide bonds. The Bertz CT molecular complexity index is 404. The Kier molecular flexibility index (Phi) is 20.0. The van der Waals surface area contributed by atoms with Gasteiger partial charge in [0.15, 0.2) is 0 Å². The van der Waals surface area contributed by atoms with E-state index in [0.717, 1.165) is 64.2 Å². The van der Waals surface area contributed by atoms with E-state index in [9.17, 15) is 9.59 Å². The molecule has 0 spiro atoms. The Hall–Kier alpha value is -1.32. The third-order valence-electron chi connectivity index (χ3n) is 5.23. The summed E-state index contributed by atoms with van der Waals surface area (Å²) in [5.74, 6) is -0.0856. The van der Waals surface area contributed by atoms with Crippen LogP contribution in [-0.4, -0.2) is 24.1 Å². The van der Waals surface area contributed by atoms with Gasteiger partial charge in [-0.3, -0.25) is 9.59 Å². The van der Waals surface area contributed by atoms with Gasteiger partial charge in [0.05, 0.1) is 12.2 Å². The number of carbonyl (C=O) groups excluding carboxylic acids is 2. The van der Waals surface area contributed by atoms with E-state index in [-0.39, 0.29) is 24.1 Å². The smallest absolute Gasteiger partial charge is 0.306 e. The first-order valence-corrected chi connectivity index (χ1v) is 12.5. The van der Waals surface area contributed by atoms with Gasteiger partial charge in [0.1, 0.15) is 0 Å². The number of esters is 2. The molecule has 0 fully saturated rings. The molecular formula is C26H48O4. The average molecular weight is 425 g/mol. The van der Waals surface area contributed by atoms with Crippen molar-refractivity contribution in [3.63, 3.8) is 0 Å². The highest BCUT2D eigenvalue weighted by Gasteiger charge is 2.08. The van der Waals surface area contributed by atoms with E-state index in [1.54, 1.807) is 0 Å². The zero-order chi connectivity index (χ0) is 22.5. The SMILES string of the molecule is CCCC(C)OC(=O)CCCCCC/C=C/CCCCCCC(=O)OC(C)CCC. The summed E-state index contributed by atoms with van der Waals surface area (Å²) >= 11 is 0. The van der Waals surface area contributed by atoms with Gasteiger partial charge in [0.25, 0.3) is 0 Å². The molecule has 0 aromatic carbocycles. The maximum atomic E-state index is 11.7. The molecule has 0 aliphatic carbocycles. The van der Waals surface area contributed by atoms with Crippen LogP contribution < -0.4 is 0 Å². The standard InChI is InChI=1S/C26H48O4/c1-5-19-23(3)29-25(27)21-17-15-13-11-9-7-8-10-12-14-16-18-22-26(28)30-24(4)20-6-2/h7-8,23-24H,5-6,9-22H2,1-4H3/b8-7+. The number of allylic oxidation sites excluding steroid dienone is 2. The summed E-state index contributed by atoms with van der Waals surface area (Å²) in [6.07, 6.45) is 20.9. The van der Waals surface area contributed by atoms with E-state index in [4.69, 9.17) is 9.47 Å². The molecule has 0 radical (unpaired) electrons. The largest absolute Gasteiger partial charge is 0.463 e. The van der Waals surface area contributed by atoms with Crippen LogP contribution >= 0.6 is 0 Å². The van der Waals surface area contributed by atoms with Crippen LogP contribution in [-0.2, 0) is 19.1 Å². The third kappa shape index (κ3) is 20.0. The summed E-state index contributed by atoms with van der Waals surface area (Å²) in [7, 11) is 0. The van der Waals surface area contributed by atoms with E-state index >= 15 is 0 Å². The first-order valence-electron chi connectivity index (χ1n) is 12.5. The zero-order valence-electron chi connectivity index (χ0n) is 20.3. The highest BCUT2D eigenvalue weighted by atomic mass is 16.5. The number of ether oxygens (including phenoxy) is 2. The number of carbonyl (C=O) groups is 2. The second kappa shape index (κ2) is 20.9. The van der Waals surface area contributed by atoms with Gasteiger partial charge in [0, 0.05) is 12.8 Å². The molecule has 4 nitrogen and oxygen atoms in total. The van der Waals surface area contributed by atoms with Crippen molar-refractivity contribution in [1.29, 1.82) is 0 Å². The Balaban J connectivity index is 3.38. The van der Waals surface area contributed by atoms with Crippen LogP contribution in [0.5, 0.6) is 0 Å². The van der Waals surface area contributed by atoms with Gasteiger partial charge in [-0.2, -0.15) is 0 Å². The minimum absolute atomic E-state index is 0.0428. The normalized spacial score (nSPS) is 13.3. The van der Waals surface area contributed by atoms with Crippen molar-refractivity contribution in [1.82, 2.24) is 0 Å². The highest BCUT2D eigenvalue weighted by molar-refractivity contribution is 5.69. The van der Waals surface area contributed by atoms with Crippen LogP contribution in [0.15, 0.2) is 12.2 Å². The molecule has 0 N–H and O–H groups in total. The summed E-state index contributed by atoms with van der Waals surface area (Å²) in [4.78, 5) is 23.3. The van der Waals surface area contributed by atoms with Crippen LogP contribution in [0.25, 0.3) is 0 Å². The van der Waals surface area contributed by atoms with Crippen molar-refractivity contribution >= 4 is 11.9 Å². The fourth-order valence-corrected chi connectivity index (χ4v) is 3.50.